The summed E-state index contributed by atoms with van der Waals surface area (Å²) in [4.78, 5) is 21.3. The number of piperazine rings is 1. The highest BCUT2D eigenvalue weighted by molar-refractivity contribution is 5.78. The van der Waals surface area contributed by atoms with E-state index in [9.17, 15) is 4.79 Å². The first kappa shape index (κ1) is 17.2. The summed E-state index contributed by atoms with van der Waals surface area (Å²) in [7, 11) is 0. The van der Waals surface area contributed by atoms with Crippen molar-refractivity contribution in [3.63, 3.8) is 0 Å². The predicted octanol–water partition coefficient (Wildman–Crippen LogP) is 1.20. The van der Waals surface area contributed by atoms with Crippen molar-refractivity contribution >= 4 is 11.7 Å². The molecule has 3 rings (SSSR count). The first-order valence-corrected chi connectivity index (χ1v) is 8.93. The van der Waals surface area contributed by atoms with Crippen molar-refractivity contribution in [2.45, 2.75) is 38.8 Å². The van der Waals surface area contributed by atoms with Crippen LogP contribution in [-0.2, 0) is 9.53 Å². The van der Waals surface area contributed by atoms with E-state index in [1.165, 1.54) is 0 Å². The molecule has 0 saturated carbocycles. The van der Waals surface area contributed by atoms with E-state index in [1.807, 2.05) is 19.1 Å². The van der Waals surface area contributed by atoms with E-state index in [-0.39, 0.29) is 12.0 Å². The molecule has 0 aromatic carbocycles. The molecule has 0 spiro atoms. The Morgan fingerprint density at radius 2 is 2.29 bits per heavy atom. The highest BCUT2D eigenvalue weighted by atomic mass is 16.5. The third-order valence-electron chi connectivity index (χ3n) is 4.86. The number of ether oxygens (including phenoxy) is 1. The molecule has 1 N–H and O–H groups in total. The fourth-order valence-electron chi connectivity index (χ4n) is 3.42. The molecule has 0 bridgehead atoms. The minimum atomic E-state index is 0.0967. The van der Waals surface area contributed by atoms with Gasteiger partial charge in [0.1, 0.15) is 5.82 Å². The van der Waals surface area contributed by atoms with Gasteiger partial charge in [0.15, 0.2) is 0 Å². The lowest BCUT2D eigenvalue weighted by Gasteiger charge is -2.40. The number of hydrogen-bond acceptors (Lipinski definition) is 5. The van der Waals surface area contributed by atoms with Gasteiger partial charge in [-0.25, -0.2) is 4.98 Å². The topological polar surface area (TPSA) is 57.7 Å². The Balaban J connectivity index is 1.46. The molecule has 0 aliphatic carbocycles. The van der Waals surface area contributed by atoms with Gasteiger partial charge >= 0.3 is 0 Å². The first-order chi connectivity index (χ1) is 11.6. The Bertz CT molecular complexity index is 560. The standard InChI is InChI=1S/C18H28N4O2/c1-14-5-3-7-17(20-14)22-9-8-21(15(2)12-22)13-18(23)19-11-16-6-4-10-24-16/h3,5,7,15-16H,4,6,8-13H2,1-2H3,(H,19,23)/t15-,16+/m1/s1. The van der Waals surface area contributed by atoms with Crippen LogP contribution in [0.4, 0.5) is 5.82 Å². The Kier molecular flexibility index (Phi) is 5.68. The second kappa shape index (κ2) is 7.94. The number of pyridine rings is 1. The van der Waals surface area contributed by atoms with Gasteiger partial charge in [0.05, 0.1) is 12.6 Å². The maximum atomic E-state index is 12.2. The van der Waals surface area contributed by atoms with Crippen molar-refractivity contribution in [3.8, 4) is 0 Å². The van der Waals surface area contributed by atoms with Crippen molar-refractivity contribution in [1.82, 2.24) is 15.2 Å². The van der Waals surface area contributed by atoms with Crippen molar-refractivity contribution in [2.24, 2.45) is 0 Å². The third-order valence-corrected chi connectivity index (χ3v) is 4.86. The normalized spacial score (nSPS) is 25.0. The zero-order valence-corrected chi connectivity index (χ0v) is 14.7. The number of carbonyl (C=O) groups is 1. The van der Waals surface area contributed by atoms with Crippen LogP contribution in [0.15, 0.2) is 18.2 Å². The number of aryl methyl sites for hydroxylation is 1. The Hall–Kier alpha value is -1.66. The maximum Gasteiger partial charge on any atom is 0.234 e. The van der Waals surface area contributed by atoms with Crippen LogP contribution < -0.4 is 10.2 Å². The molecule has 1 aromatic rings. The average molecular weight is 332 g/mol. The van der Waals surface area contributed by atoms with Crippen LogP contribution in [-0.4, -0.2) is 67.3 Å². The maximum absolute atomic E-state index is 12.2. The van der Waals surface area contributed by atoms with Crippen LogP contribution in [0.1, 0.15) is 25.5 Å². The van der Waals surface area contributed by atoms with Crippen LogP contribution in [0.25, 0.3) is 0 Å². The summed E-state index contributed by atoms with van der Waals surface area (Å²) in [5.41, 5.74) is 1.04. The lowest BCUT2D eigenvalue weighted by Crippen LogP contribution is -2.54. The summed E-state index contributed by atoms with van der Waals surface area (Å²) < 4.78 is 5.55. The van der Waals surface area contributed by atoms with E-state index >= 15 is 0 Å². The molecule has 0 radical (unpaired) electrons. The van der Waals surface area contributed by atoms with Crippen LogP contribution >= 0.6 is 0 Å². The number of hydrogen-bond donors (Lipinski definition) is 1. The minimum Gasteiger partial charge on any atom is -0.376 e. The summed E-state index contributed by atoms with van der Waals surface area (Å²) in [6.45, 7) is 8.80. The molecule has 132 valence electrons. The summed E-state index contributed by atoms with van der Waals surface area (Å²) in [5, 5.41) is 3.01. The summed E-state index contributed by atoms with van der Waals surface area (Å²) >= 11 is 0. The molecular formula is C18H28N4O2. The van der Waals surface area contributed by atoms with Gasteiger partial charge in [0, 0.05) is 44.5 Å². The molecule has 6 heteroatoms. The van der Waals surface area contributed by atoms with Crippen LogP contribution in [0.2, 0.25) is 0 Å². The van der Waals surface area contributed by atoms with Crippen molar-refractivity contribution in [1.29, 1.82) is 0 Å². The van der Waals surface area contributed by atoms with Gasteiger partial charge in [-0.05, 0) is 38.8 Å². The molecule has 1 amide bonds. The molecule has 1 aromatic heterocycles. The monoisotopic (exact) mass is 332 g/mol. The minimum absolute atomic E-state index is 0.0967. The second-order valence-corrected chi connectivity index (χ2v) is 6.84. The number of aromatic nitrogens is 1. The first-order valence-electron chi connectivity index (χ1n) is 8.93. The summed E-state index contributed by atoms with van der Waals surface area (Å²) in [6, 6.07) is 6.45. The number of amides is 1. The Labute approximate surface area is 144 Å². The highest BCUT2D eigenvalue weighted by Crippen LogP contribution is 2.17. The Morgan fingerprint density at radius 1 is 1.42 bits per heavy atom. The van der Waals surface area contributed by atoms with Crippen molar-refractivity contribution in [2.75, 3.05) is 44.2 Å². The zero-order valence-electron chi connectivity index (χ0n) is 14.7. The molecule has 2 atom stereocenters. The lowest BCUT2D eigenvalue weighted by atomic mass is 10.2. The molecule has 2 aliphatic rings. The number of rotatable bonds is 5. The van der Waals surface area contributed by atoms with Crippen LogP contribution in [0.3, 0.4) is 0 Å². The average Bonchev–Trinajstić information content (AvgIpc) is 3.08. The molecular weight excluding hydrogens is 304 g/mol. The Morgan fingerprint density at radius 3 is 3.00 bits per heavy atom. The fourth-order valence-corrected chi connectivity index (χ4v) is 3.42. The largest absolute Gasteiger partial charge is 0.376 e. The van der Waals surface area contributed by atoms with E-state index in [0.29, 0.717) is 19.1 Å². The SMILES string of the molecule is Cc1cccc(N2CCN(CC(=O)NC[C@@H]3CCCO3)[C@H](C)C2)n1. The molecule has 2 aliphatic heterocycles. The smallest absolute Gasteiger partial charge is 0.234 e. The molecule has 2 saturated heterocycles. The fraction of sp³-hybridized carbons (Fsp3) is 0.667. The van der Waals surface area contributed by atoms with E-state index in [0.717, 1.165) is 50.6 Å². The van der Waals surface area contributed by atoms with E-state index < -0.39 is 0 Å². The quantitative estimate of drug-likeness (QED) is 0.878. The van der Waals surface area contributed by atoms with E-state index in [4.69, 9.17) is 4.74 Å². The van der Waals surface area contributed by atoms with Gasteiger partial charge in [-0.2, -0.15) is 0 Å². The number of anilines is 1. The van der Waals surface area contributed by atoms with Crippen LogP contribution in [0, 0.1) is 6.92 Å². The molecule has 24 heavy (non-hydrogen) atoms. The zero-order chi connectivity index (χ0) is 16.9. The molecule has 3 heterocycles. The molecule has 6 nitrogen and oxygen atoms in total. The third kappa shape index (κ3) is 4.45. The highest BCUT2D eigenvalue weighted by Gasteiger charge is 2.26. The van der Waals surface area contributed by atoms with Crippen LogP contribution in [0.5, 0.6) is 0 Å². The molecule has 0 unspecified atom stereocenters. The van der Waals surface area contributed by atoms with Gasteiger partial charge in [0.25, 0.3) is 0 Å². The molecule has 2 fully saturated rings. The number of carbonyl (C=O) groups excluding carboxylic acids is 1. The van der Waals surface area contributed by atoms with E-state index in [1.54, 1.807) is 0 Å². The summed E-state index contributed by atoms with van der Waals surface area (Å²) in [6.07, 6.45) is 2.36. The van der Waals surface area contributed by atoms with E-state index in [2.05, 4.69) is 33.1 Å². The van der Waals surface area contributed by atoms with Gasteiger partial charge < -0.3 is 15.0 Å². The number of nitrogens with zero attached hydrogens (tertiary/aromatic N) is 3. The van der Waals surface area contributed by atoms with Crippen molar-refractivity contribution < 1.29 is 9.53 Å². The summed E-state index contributed by atoms with van der Waals surface area (Å²) in [5.74, 6) is 1.13. The van der Waals surface area contributed by atoms with Crippen molar-refractivity contribution in [3.05, 3.63) is 23.9 Å². The van der Waals surface area contributed by atoms with Gasteiger partial charge in [0.2, 0.25) is 5.91 Å². The second-order valence-electron chi connectivity index (χ2n) is 6.84. The lowest BCUT2D eigenvalue weighted by molar-refractivity contribution is -0.123. The predicted molar refractivity (Wildman–Crippen MR) is 94.2 cm³/mol. The van der Waals surface area contributed by atoms with Gasteiger partial charge in [-0.3, -0.25) is 9.69 Å². The van der Waals surface area contributed by atoms with Gasteiger partial charge in [-0.1, -0.05) is 6.07 Å². The number of nitrogens with one attached hydrogen (secondary N) is 1. The van der Waals surface area contributed by atoms with Gasteiger partial charge in [-0.15, -0.1) is 0 Å².